The number of phosphoric acid groups is 1. The molecule has 3 N–H and O–H groups in total. The Balaban J connectivity index is 4.24. The van der Waals surface area contributed by atoms with Gasteiger partial charge in [0.2, 0.25) is 0 Å². The molecule has 3 atom stereocenters. The summed E-state index contributed by atoms with van der Waals surface area (Å²) in [7, 11) is -4.96. The van der Waals surface area contributed by atoms with Gasteiger partial charge in [-0.15, -0.1) is 0 Å². The summed E-state index contributed by atoms with van der Waals surface area (Å²) in [5.74, 6) is -2.58. The second kappa shape index (κ2) is 43.6. The molecule has 0 saturated heterocycles. The molecule has 0 aliphatic rings. The molecule has 60 heavy (non-hydrogen) atoms. The summed E-state index contributed by atoms with van der Waals surface area (Å²) in [6.07, 6.45) is 46.5. The molecule has 0 rings (SSSR count). The lowest BCUT2D eigenvalue weighted by Crippen LogP contribution is -2.70. The largest absolute Gasteiger partial charge is 0.756 e. The van der Waals surface area contributed by atoms with Crippen LogP contribution in [0.3, 0.4) is 0 Å². The number of carbonyl (C=O) groups is 3. The molecular weight excluding hydrogens is 781 g/mol. The summed E-state index contributed by atoms with van der Waals surface area (Å²) >= 11 is 0. The molecule has 0 spiro atoms. The first kappa shape index (κ1) is 58.0. The smallest absolute Gasteiger partial charge is 0.306 e. The van der Waals surface area contributed by atoms with Gasteiger partial charge in [-0.05, 0) is 44.9 Å². The number of unbranched alkanes of at least 4 members (excludes halogenated alkanes) is 28. The van der Waals surface area contributed by atoms with Crippen LogP contribution >= 0.6 is 7.82 Å². The zero-order valence-electron chi connectivity index (χ0n) is 38.4. The fourth-order valence-corrected chi connectivity index (χ4v) is 7.65. The lowest BCUT2D eigenvalue weighted by Gasteiger charge is -2.26. The Hall–Kier alpha value is -2.04. The number of carbonyl (C=O) groups excluding carboxylic acids is 3. The molecule has 352 valence electrons. The summed E-state index contributed by atoms with van der Waals surface area (Å²) in [5, 5.41) is 10.9. The van der Waals surface area contributed by atoms with Crippen molar-refractivity contribution >= 4 is 25.7 Å². The maximum absolute atomic E-state index is 12.6. The van der Waals surface area contributed by atoms with E-state index in [1.54, 1.807) is 0 Å². The highest BCUT2D eigenvalue weighted by Gasteiger charge is 2.22. The van der Waals surface area contributed by atoms with Crippen molar-refractivity contribution in [2.45, 2.75) is 244 Å². The van der Waals surface area contributed by atoms with Gasteiger partial charge in [0.15, 0.2) is 6.10 Å². The Morgan fingerprint density at radius 3 is 1.33 bits per heavy atom. The molecule has 0 fully saturated rings. The first-order chi connectivity index (χ1) is 29.1. The highest BCUT2D eigenvalue weighted by Crippen LogP contribution is 2.38. The van der Waals surface area contributed by atoms with E-state index < -0.39 is 51.1 Å². The Morgan fingerprint density at radius 1 is 0.517 bits per heavy atom. The van der Waals surface area contributed by atoms with Crippen molar-refractivity contribution in [2.75, 3.05) is 19.8 Å². The molecule has 0 bridgehead atoms. The fourth-order valence-electron chi connectivity index (χ4n) is 6.86. The van der Waals surface area contributed by atoms with Gasteiger partial charge in [0.25, 0.3) is 7.82 Å². The van der Waals surface area contributed by atoms with E-state index in [-0.39, 0.29) is 19.4 Å². The molecule has 0 amide bonds. The SMILES string of the molecule is CCCCC/C=C\C/C=C\CCCCCCCC(=O)O[C@H](COC(=O)CCCCCCCCCCCCCCCCCCCCCCC)COP(=O)([O-])OC[C@H]([NH3+])C(=O)[O-]. The van der Waals surface area contributed by atoms with E-state index in [0.717, 1.165) is 64.2 Å². The van der Waals surface area contributed by atoms with Crippen LogP contribution < -0.4 is 15.7 Å². The molecular formula is C48H89NO10P-. The third kappa shape index (κ3) is 42.6. The summed E-state index contributed by atoms with van der Waals surface area (Å²) in [6, 6.07) is -1.42. The molecule has 0 aliphatic heterocycles. The summed E-state index contributed by atoms with van der Waals surface area (Å²) in [6.45, 7) is 2.70. The van der Waals surface area contributed by atoms with Crippen LogP contribution in [0.2, 0.25) is 0 Å². The van der Waals surface area contributed by atoms with E-state index in [1.165, 1.54) is 128 Å². The predicted octanol–water partition coefficient (Wildman–Crippen LogP) is 10.7. The monoisotopic (exact) mass is 871 g/mol. The second-order valence-electron chi connectivity index (χ2n) is 16.7. The zero-order valence-corrected chi connectivity index (χ0v) is 39.3. The molecule has 0 aromatic rings. The number of carboxylic acid groups (broad SMARTS) is 1. The van der Waals surface area contributed by atoms with Crippen LogP contribution in [0.25, 0.3) is 0 Å². The van der Waals surface area contributed by atoms with Crippen molar-refractivity contribution in [3.8, 4) is 0 Å². The Kier molecular flexibility index (Phi) is 42.1. The van der Waals surface area contributed by atoms with Gasteiger partial charge in [-0.25, -0.2) is 0 Å². The normalized spacial score (nSPS) is 13.8. The van der Waals surface area contributed by atoms with Gasteiger partial charge in [-0.3, -0.25) is 14.2 Å². The topological polar surface area (TPSA) is 179 Å². The molecule has 12 heteroatoms. The minimum atomic E-state index is -4.96. The van der Waals surface area contributed by atoms with Crippen LogP contribution in [0.15, 0.2) is 24.3 Å². The summed E-state index contributed by atoms with van der Waals surface area (Å²) in [4.78, 5) is 48.2. The number of quaternary nitrogens is 1. The van der Waals surface area contributed by atoms with Gasteiger partial charge in [0, 0.05) is 12.8 Å². The van der Waals surface area contributed by atoms with Crippen molar-refractivity contribution in [1.82, 2.24) is 0 Å². The van der Waals surface area contributed by atoms with Gasteiger partial charge in [0.1, 0.15) is 25.2 Å². The Bertz CT molecular complexity index is 1120. The van der Waals surface area contributed by atoms with Gasteiger partial charge >= 0.3 is 11.9 Å². The predicted molar refractivity (Wildman–Crippen MR) is 239 cm³/mol. The van der Waals surface area contributed by atoms with Crippen molar-refractivity contribution in [3.63, 3.8) is 0 Å². The maximum Gasteiger partial charge on any atom is 0.306 e. The van der Waals surface area contributed by atoms with E-state index >= 15 is 0 Å². The van der Waals surface area contributed by atoms with Crippen molar-refractivity contribution < 1.29 is 53.2 Å². The number of esters is 2. The third-order valence-corrected chi connectivity index (χ3v) is 11.7. The average molecular weight is 871 g/mol. The molecule has 0 heterocycles. The van der Waals surface area contributed by atoms with Gasteiger partial charge in [-0.2, -0.15) is 0 Å². The maximum atomic E-state index is 12.6. The lowest BCUT2D eigenvalue weighted by atomic mass is 10.0. The van der Waals surface area contributed by atoms with E-state index in [9.17, 15) is 28.9 Å². The molecule has 1 unspecified atom stereocenters. The van der Waals surface area contributed by atoms with E-state index in [4.69, 9.17) is 14.0 Å². The van der Waals surface area contributed by atoms with Crippen molar-refractivity contribution in [1.29, 1.82) is 0 Å². The average Bonchev–Trinajstić information content (AvgIpc) is 3.22. The van der Waals surface area contributed by atoms with Gasteiger partial charge in [-0.1, -0.05) is 199 Å². The van der Waals surface area contributed by atoms with E-state index in [1.807, 2.05) is 0 Å². The number of aliphatic carboxylic acids is 1. The summed E-state index contributed by atoms with van der Waals surface area (Å²) in [5.41, 5.74) is 3.25. The number of hydrogen-bond acceptors (Lipinski definition) is 10. The minimum Gasteiger partial charge on any atom is -0.756 e. The van der Waals surface area contributed by atoms with Crippen LogP contribution in [0, 0.1) is 0 Å². The van der Waals surface area contributed by atoms with Crippen molar-refractivity contribution in [2.24, 2.45) is 0 Å². The fraction of sp³-hybridized carbons (Fsp3) is 0.854. The quantitative estimate of drug-likeness (QED) is 0.0268. The highest BCUT2D eigenvalue weighted by molar-refractivity contribution is 7.45. The first-order valence-electron chi connectivity index (χ1n) is 24.4. The minimum absolute atomic E-state index is 0.134. The van der Waals surface area contributed by atoms with Crippen molar-refractivity contribution in [3.05, 3.63) is 24.3 Å². The van der Waals surface area contributed by atoms with Crippen LogP contribution in [-0.2, 0) is 37.5 Å². The molecule has 11 nitrogen and oxygen atoms in total. The Morgan fingerprint density at radius 2 is 0.883 bits per heavy atom. The Labute approximate surface area is 366 Å². The van der Waals surface area contributed by atoms with Crippen LogP contribution in [0.1, 0.15) is 232 Å². The number of ether oxygens (including phenoxy) is 2. The first-order valence-corrected chi connectivity index (χ1v) is 25.9. The molecule has 0 aliphatic carbocycles. The molecule has 0 radical (unpaired) electrons. The van der Waals surface area contributed by atoms with Crippen LogP contribution in [-0.4, -0.2) is 49.9 Å². The molecule has 0 aromatic heterocycles. The van der Waals surface area contributed by atoms with Gasteiger partial charge < -0.3 is 39.0 Å². The number of phosphoric ester groups is 1. The summed E-state index contributed by atoms with van der Waals surface area (Å²) < 4.78 is 32.4. The van der Waals surface area contributed by atoms with Crippen LogP contribution in [0.4, 0.5) is 0 Å². The number of hydrogen-bond donors (Lipinski definition) is 1. The molecule has 0 aromatic carbocycles. The number of carboxylic acids is 1. The van der Waals surface area contributed by atoms with E-state index in [0.29, 0.717) is 12.8 Å². The number of allylic oxidation sites excluding steroid dienone is 4. The standard InChI is InChI=1S/C48H90NO10P/c1-3-5-7-9-11-13-15-17-19-20-21-22-23-24-26-27-29-31-33-35-37-39-46(50)56-41-44(42-57-60(54,55)58-43-45(49)48(52)53)59-47(51)40-38-36-34-32-30-28-25-18-16-14-12-10-8-6-4-2/h12,14,18,25,44-45H,3-11,13,15-17,19-24,26-43,49H2,1-2H3,(H,52,53)(H,54,55)/p-1/b14-12-,25-18-/t44-,45+/m1/s1. The second-order valence-corrected chi connectivity index (χ2v) is 18.1. The van der Waals surface area contributed by atoms with E-state index in [2.05, 4.69) is 48.4 Å². The molecule has 0 saturated carbocycles. The zero-order chi connectivity index (χ0) is 44.2. The third-order valence-electron chi connectivity index (χ3n) is 10.7. The lowest BCUT2D eigenvalue weighted by molar-refractivity contribution is -0.441. The van der Waals surface area contributed by atoms with Crippen LogP contribution in [0.5, 0.6) is 0 Å². The van der Waals surface area contributed by atoms with Gasteiger partial charge in [0.05, 0.1) is 6.61 Å². The number of rotatable bonds is 46. The highest BCUT2D eigenvalue weighted by atomic mass is 31.2.